The average molecular weight is 359 g/mol. The summed E-state index contributed by atoms with van der Waals surface area (Å²) in [6.45, 7) is 5.97. The van der Waals surface area contributed by atoms with Crippen LogP contribution in [0.1, 0.15) is 45.4 Å². The van der Waals surface area contributed by atoms with Crippen LogP contribution in [0, 0.1) is 5.92 Å². The number of halogens is 1. The molecule has 6 nitrogen and oxygen atoms in total. The SMILES string of the molecule is CC1CNCCN1C(=O)C1CCCN(C(=O)NC2CCCC2)C1.Cl. The maximum absolute atomic E-state index is 12.8. The lowest BCUT2D eigenvalue weighted by Crippen LogP contribution is -2.56. The Labute approximate surface area is 151 Å². The molecule has 2 saturated heterocycles. The van der Waals surface area contributed by atoms with Gasteiger partial charge in [-0.3, -0.25) is 4.79 Å². The van der Waals surface area contributed by atoms with Gasteiger partial charge in [0.05, 0.1) is 5.92 Å². The normalized spacial score (nSPS) is 28.4. The summed E-state index contributed by atoms with van der Waals surface area (Å²) in [7, 11) is 0. The lowest BCUT2D eigenvalue weighted by atomic mass is 9.95. The Bertz CT molecular complexity index is 442. The number of urea groups is 1. The third-order valence-electron chi connectivity index (χ3n) is 5.52. The van der Waals surface area contributed by atoms with Crippen molar-refractivity contribution < 1.29 is 9.59 Å². The molecule has 1 aliphatic carbocycles. The summed E-state index contributed by atoms with van der Waals surface area (Å²) >= 11 is 0. The smallest absolute Gasteiger partial charge is 0.317 e. The predicted octanol–water partition coefficient (Wildman–Crippen LogP) is 1.59. The molecule has 24 heavy (non-hydrogen) atoms. The van der Waals surface area contributed by atoms with Crippen LogP contribution in [-0.2, 0) is 4.79 Å². The van der Waals surface area contributed by atoms with Gasteiger partial charge in [0.1, 0.15) is 0 Å². The Balaban J connectivity index is 0.00000208. The summed E-state index contributed by atoms with van der Waals surface area (Å²) in [5.74, 6) is 0.205. The van der Waals surface area contributed by atoms with Gasteiger partial charge >= 0.3 is 6.03 Å². The molecule has 0 aromatic heterocycles. The first-order chi connectivity index (χ1) is 11.1. The van der Waals surface area contributed by atoms with Crippen molar-refractivity contribution in [3.8, 4) is 0 Å². The topological polar surface area (TPSA) is 64.7 Å². The number of rotatable bonds is 2. The fourth-order valence-corrected chi connectivity index (χ4v) is 4.10. The minimum absolute atomic E-state index is 0. The Morgan fingerprint density at radius 1 is 1.08 bits per heavy atom. The second-order valence-electron chi connectivity index (χ2n) is 7.30. The van der Waals surface area contributed by atoms with E-state index in [4.69, 9.17) is 0 Å². The van der Waals surface area contributed by atoms with Gasteiger partial charge in [0.25, 0.3) is 0 Å². The number of carbonyl (C=O) groups is 2. The van der Waals surface area contributed by atoms with E-state index in [1.165, 1.54) is 12.8 Å². The third-order valence-corrected chi connectivity index (χ3v) is 5.52. The molecule has 2 aliphatic heterocycles. The number of piperazine rings is 1. The van der Waals surface area contributed by atoms with E-state index in [9.17, 15) is 9.59 Å². The van der Waals surface area contributed by atoms with Crippen molar-refractivity contribution in [2.75, 3.05) is 32.7 Å². The lowest BCUT2D eigenvalue weighted by molar-refractivity contribution is -0.139. The highest BCUT2D eigenvalue weighted by atomic mass is 35.5. The van der Waals surface area contributed by atoms with E-state index < -0.39 is 0 Å². The van der Waals surface area contributed by atoms with Gasteiger partial charge in [0, 0.05) is 44.8 Å². The number of hydrogen-bond acceptors (Lipinski definition) is 3. The van der Waals surface area contributed by atoms with Crippen LogP contribution in [0.15, 0.2) is 0 Å². The Kier molecular flexibility index (Phi) is 7.16. The second-order valence-corrected chi connectivity index (χ2v) is 7.30. The van der Waals surface area contributed by atoms with Gasteiger partial charge in [0.2, 0.25) is 5.91 Å². The highest BCUT2D eigenvalue weighted by Gasteiger charge is 2.34. The largest absolute Gasteiger partial charge is 0.337 e. The van der Waals surface area contributed by atoms with Gasteiger partial charge in [-0.2, -0.15) is 0 Å². The molecule has 2 heterocycles. The van der Waals surface area contributed by atoms with Crippen molar-refractivity contribution in [2.24, 2.45) is 5.92 Å². The molecule has 0 spiro atoms. The maximum Gasteiger partial charge on any atom is 0.317 e. The van der Waals surface area contributed by atoms with E-state index in [-0.39, 0.29) is 36.3 Å². The molecule has 0 aromatic carbocycles. The Hall–Kier alpha value is -1.01. The molecule has 3 fully saturated rings. The number of carbonyl (C=O) groups excluding carboxylic acids is 2. The zero-order valence-corrected chi connectivity index (χ0v) is 15.4. The van der Waals surface area contributed by atoms with Crippen LogP contribution in [0.5, 0.6) is 0 Å². The zero-order valence-electron chi connectivity index (χ0n) is 14.6. The fourth-order valence-electron chi connectivity index (χ4n) is 4.10. The minimum Gasteiger partial charge on any atom is -0.337 e. The van der Waals surface area contributed by atoms with Gasteiger partial charge in [-0.1, -0.05) is 12.8 Å². The first-order valence-electron chi connectivity index (χ1n) is 9.22. The van der Waals surface area contributed by atoms with E-state index in [2.05, 4.69) is 17.6 Å². The van der Waals surface area contributed by atoms with Crippen molar-refractivity contribution >= 4 is 24.3 Å². The standard InChI is InChI=1S/C17H30N4O2.ClH/c1-13-11-18-8-10-21(13)16(22)14-5-4-9-20(12-14)17(23)19-15-6-2-3-7-15;/h13-15,18H,2-12H2,1H3,(H,19,23);1H. The van der Waals surface area contributed by atoms with Crippen molar-refractivity contribution in [3.63, 3.8) is 0 Å². The van der Waals surface area contributed by atoms with Crippen LogP contribution < -0.4 is 10.6 Å². The molecule has 0 aromatic rings. The number of hydrogen-bond donors (Lipinski definition) is 2. The molecule has 138 valence electrons. The van der Waals surface area contributed by atoms with Gasteiger partial charge < -0.3 is 20.4 Å². The Morgan fingerprint density at radius 3 is 2.54 bits per heavy atom. The van der Waals surface area contributed by atoms with Crippen LogP contribution in [0.3, 0.4) is 0 Å². The summed E-state index contributed by atoms with van der Waals surface area (Å²) in [4.78, 5) is 29.1. The molecule has 0 bridgehead atoms. The molecule has 3 amide bonds. The number of nitrogens with one attached hydrogen (secondary N) is 2. The highest BCUT2D eigenvalue weighted by molar-refractivity contribution is 5.85. The fraction of sp³-hybridized carbons (Fsp3) is 0.882. The number of nitrogens with zero attached hydrogens (tertiary/aromatic N) is 2. The molecule has 3 aliphatic rings. The Morgan fingerprint density at radius 2 is 1.83 bits per heavy atom. The zero-order chi connectivity index (χ0) is 16.2. The van der Waals surface area contributed by atoms with E-state index in [0.29, 0.717) is 12.6 Å². The summed E-state index contributed by atoms with van der Waals surface area (Å²) in [5.41, 5.74) is 0. The molecule has 2 unspecified atom stereocenters. The van der Waals surface area contributed by atoms with Crippen molar-refractivity contribution in [3.05, 3.63) is 0 Å². The van der Waals surface area contributed by atoms with Crippen LogP contribution in [0.4, 0.5) is 4.79 Å². The van der Waals surface area contributed by atoms with Crippen molar-refractivity contribution in [1.29, 1.82) is 0 Å². The summed E-state index contributed by atoms with van der Waals surface area (Å²) in [6.07, 6.45) is 6.46. The van der Waals surface area contributed by atoms with Gasteiger partial charge in [-0.25, -0.2) is 4.79 Å². The number of likely N-dealkylation sites (tertiary alicyclic amines) is 1. The second kappa shape index (κ2) is 8.90. The van der Waals surface area contributed by atoms with Crippen LogP contribution in [-0.4, -0.2) is 66.5 Å². The molecule has 2 atom stereocenters. The lowest BCUT2D eigenvalue weighted by Gasteiger charge is -2.39. The first-order valence-corrected chi connectivity index (χ1v) is 9.22. The van der Waals surface area contributed by atoms with Gasteiger partial charge in [-0.15, -0.1) is 12.4 Å². The monoisotopic (exact) mass is 358 g/mol. The molecular formula is C17H31ClN4O2. The molecule has 3 rings (SSSR count). The average Bonchev–Trinajstić information content (AvgIpc) is 3.08. The quantitative estimate of drug-likeness (QED) is 0.788. The van der Waals surface area contributed by atoms with Crippen molar-refractivity contribution in [2.45, 2.75) is 57.5 Å². The van der Waals surface area contributed by atoms with Gasteiger partial charge in [-0.05, 0) is 32.6 Å². The maximum atomic E-state index is 12.8. The van der Waals surface area contributed by atoms with Crippen molar-refractivity contribution in [1.82, 2.24) is 20.4 Å². The number of piperidine rings is 1. The van der Waals surface area contributed by atoms with Crippen LogP contribution in [0.2, 0.25) is 0 Å². The van der Waals surface area contributed by atoms with Gasteiger partial charge in [0.15, 0.2) is 0 Å². The van der Waals surface area contributed by atoms with Crippen LogP contribution >= 0.6 is 12.4 Å². The molecule has 0 radical (unpaired) electrons. The summed E-state index contributed by atoms with van der Waals surface area (Å²) in [5, 5.41) is 6.47. The number of amides is 3. The predicted molar refractivity (Wildman–Crippen MR) is 96.4 cm³/mol. The van der Waals surface area contributed by atoms with E-state index >= 15 is 0 Å². The van der Waals surface area contributed by atoms with E-state index in [1.807, 2.05) is 9.80 Å². The molecule has 2 N–H and O–H groups in total. The molecular weight excluding hydrogens is 328 g/mol. The van der Waals surface area contributed by atoms with Crippen LogP contribution in [0.25, 0.3) is 0 Å². The molecule has 7 heteroatoms. The third kappa shape index (κ3) is 4.54. The highest BCUT2D eigenvalue weighted by Crippen LogP contribution is 2.22. The summed E-state index contributed by atoms with van der Waals surface area (Å²) in [6, 6.07) is 0.619. The first kappa shape index (κ1) is 19.3. The summed E-state index contributed by atoms with van der Waals surface area (Å²) < 4.78 is 0. The van der Waals surface area contributed by atoms with E-state index in [1.54, 1.807) is 0 Å². The van der Waals surface area contributed by atoms with E-state index in [0.717, 1.165) is 51.9 Å². The molecule has 1 saturated carbocycles. The minimum atomic E-state index is -0.0290.